The molecule has 1 aromatic heterocycles. The molecule has 11 heteroatoms. The number of nitrogens with one attached hydrogen (secondary N) is 1. The van der Waals surface area contributed by atoms with Crippen LogP contribution in [0.4, 0.5) is 13.2 Å². The molecule has 0 radical (unpaired) electrons. The summed E-state index contributed by atoms with van der Waals surface area (Å²) in [6.45, 7) is 0.403. The molecule has 6 nitrogen and oxygen atoms in total. The molecule has 1 N–H and O–H groups in total. The van der Waals surface area contributed by atoms with Gasteiger partial charge in [-0.15, -0.1) is 11.3 Å². The van der Waals surface area contributed by atoms with E-state index < -0.39 is 38.1 Å². The molecule has 1 fully saturated rings. The van der Waals surface area contributed by atoms with Gasteiger partial charge in [-0.25, -0.2) is 12.8 Å². The van der Waals surface area contributed by atoms with Gasteiger partial charge in [0.2, 0.25) is 9.84 Å². The van der Waals surface area contributed by atoms with Crippen LogP contribution in [0.1, 0.15) is 32.9 Å². The summed E-state index contributed by atoms with van der Waals surface area (Å²) in [5, 5.41) is 3.99. The lowest BCUT2D eigenvalue weighted by Gasteiger charge is -2.32. The highest BCUT2D eigenvalue weighted by Gasteiger charge is 2.34. The smallest absolute Gasteiger partial charge is 0.341 e. The van der Waals surface area contributed by atoms with Gasteiger partial charge in [0.1, 0.15) is 10.7 Å². The van der Waals surface area contributed by atoms with Gasteiger partial charge < -0.3 is 10.2 Å². The summed E-state index contributed by atoms with van der Waals surface area (Å²) >= 11 is 0.791. The van der Waals surface area contributed by atoms with Crippen molar-refractivity contribution < 1.29 is 31.2 Å². The zero-order valence-electron chi connectivity index (χ0n) is 15.0. The van der Waals surface area contributed by atoms with E-state index in [9.17, 15) is 31.2 Å². The van der Waals surface area contributed by atoms with Crippen molar-refractivity contribution in [3.05, 3.63) is 52.0 Å². The van der Waals surface area contributed by atoms with Crippen molar-refractivity contribution in [1.82, 2.24) is 10.2 Å². The molecule has 1 aliphatic heterocycles. The van der Waals surface area contributed by atoms with E-state index in [-0.39, 0.29) is 29.6 Å². The van der Waals surface area contributed by atoms with E-state index in [0.717, 1.165) is 17.4 Å². The number of thiophene rings is 1. The Morgan fingerprint density at radius 1 is 1.14 bits per heavy atom. The second-order valence-corrected chi connectivity index (χ2v) is 9.24. The number of hydrogen-bond donors (Lipinski definition) is 1. The molecule has 1 aromatic carbocycles. The number of rotatable bonds is 5. The predicted molar refractivity (Wildman–Crippen MR) is 100 cm³/mol. The Balaban J connectivity index is 1.63. The fourth-order valence-electron chi connectivity index (χ4n) is 3.05. The first-order chi connectivity index (χ1) is 13.7. The zero-order chi connectivity index (χ0) is 21.2. The molecule has 29 heavy (non-hydrogen) atoms. The molecule has 156 valence electrons. The molecule has 3 rings (SSSR count). The summed E-state index contributed by atoms with van der Waals surface area (Å²) < 4.78 is 62.8. The molecule has 2 heterocycles. The average Bonchev–Trinajstić information content (AvgIpc) is 3.19. The van der Waals surface area contributed by atoms with E-state index in [0.29, 0.717) is 12.8 Å². The Kier molecular flexibility index (Phi) is 6.27. The van der Waals surface area contributed by atoms with Crippen LogP contribution in [0.15, 0.2) is 40.6 Å². The normalized spacial score (nSPS) is 15.5. The highest BCUT2D eigenvalue weighted by Crippen LogP contribution is 2.28. The summed E-state index contributed by atoms with van der Waals surface area (Å²) in [6, 6.07) is 6.28. The van der Waals surface area contributed by atoms with Crippen molar-refractivity contribution in [3.8, 4) is 0 Å². The van der Waals surface area contributed by atoms with Crippen LogP contribution in [0.3, 0.4) is 0 Å². The predicted octanol–water partition coefficient (Wildman–Crippen LogP) is 2.92. The fourth-order valence-corrected chi connectivity index (χ4v) is 5.18. The Morgan fingerprint density at radius 3 is 2.41 bits per heavy atom. The van der Waals surface area contributed by atoms with Crippen molar-refractivity contribution in [2.75, 3.05) is 13.1 Å². The highest BCUT2D eigenvalue weighted by molar-refractivity contribution is 7.92. The number of alkyl halides is 2. The van der Waals surface area contributed by atoms with Crippen LogP contribution >= 0.6 is 11.3 Å². The molecule has 0 atom stereocenters. The first-order valence-corrected chi connectivity index (χ1v) is 11.1. The number of nitrogens with zero attached hydrogens (tertiary/aromatic N) is 1. The molecular weight excluding hydrogens is 429 g/mol. The van der Waals surface area contributed by atoms with Crippen LogP contribution in [0.5, 0.6) is 0 Å². The monoisotopic (exact) mass is 446 g/mol. The molecule has 2 amide bonds. The quantitative estimate of drug-likeness (QED) is 0.766. The SMILES string of the molecule is O=C(NC1CCN(C(=O)c2sccc2S(=O)(=O)C(F)F)CC1)c1ccccc1F. The summed E-state index contributed by atoms with van der Waals surface area (Å²) in [4.78, 5) is 25.3. The number of carbonyl (C=O) groups excluding carboxylic acids is 2. The lowest BCUT2D eigenvalue weighted by Crippen LogP contribution is -2.46. The van der Waals surface area contributed by atoms with Gasteiger partial charge in [-0.2, -0.15) is 8.78 Å². The first-order valence-electron chi connectivity index (χ1n) is 8.66. The first kappa shape index (κ1) is 21.3. The average molecular weight is 446 g/mol. The van der Waals surface area contributed by atoms with Gasteiger partial charge in [0.15, 0.2) is 0 Å². The molecule has 0 spiro atoms. The largest absolute Gasteiger partial charge is 0.349 e. The van der Waals surface area contributed by atoms with E-state index >= 15 is 0 Å². The van der Waals surface area contributed by atoms with Gasteiger partial charge in [-0.1, -0.05) is 12.1 Å². The molecule has 0 bridgehead atoms. The molecule has 0 aliphatic carbocycles. The summed E-state index contributed by atoms with van der Waals surface area (Å²) in [7, 11) is -4.87. The van der Waals surface area contributed by atoms with Gasteiger partial charge >= 0.3 is 5.76 Å². The second-order valence-electron chi connectivity index (χ2n) is 6.44. The van der Waals surface area contributed by atoms with Gasteiger partial charge in [0.05, 0.1) is 10.5 Å². The van der Waals surface area contributed by atoms with Gasteiger partial charge in [0.25, 0.3) is 11.8 Å². The topological polar surface area (TPSA) is 83.6 Å². The van der Waals surface area contributed by atoms with Crippen molar-refractivity contribution in [2.45, 2.75) is 29.5 Å². The maximum absolute atomic E-state index is 13.7. The van der Waals surface area contributed by atoms with Gasteiger partial charge in [0, 0.05) is 19.1 Å². The Bertz CT molecular complexity index is 1020. The molecular formula is C18H17F3N2O4S2. The summed E-state index contributed by atoms with van der Waals surface area (Å²) in [5.74, 6) is -5.44. The number of benzene rings is 1. The van der Waals surface area contributed by atoms with Crippen LogP contribution in [0.25, 0.3) is 0 Å². The summed E-state index contributed by atoms with van der Waals surface area (Å²) in [6.07, 6.45) is 0.739. The minimum Gasteiger partial charge on any atom is -0.349 e. The van der Waals surface area contributed by atoms with Crippen molar-refractivity contribution >= 4 is 33.0 Å². The maximum atomic E-state index is 13.7. The maximum Gasteiger partial charge on any atom is 0.341 e. The van der Waals surface area contributed by atoms with Gasteiger partial charge in [-0.05, 0) is 36.4 Å². The van der Waals surface area contributed by atoms with E-state index in [1.807, 2.05) is 0 Å². The molecule has 1 aliphatic rings. The zero-order valence-corrected chi connectivity index (χ0v) is 16.6. The fraction of sp³-hybridized carbons (Fsp3) is 0.333. The van der Waals surface area contributed by atoms with Crippen molar-refractivity contribution in [1.29, 1.82) is 0 Å². The standard InChI is InChI=1S/C18H17F3N2O4S2/c19-13-4-2-1-3-12(13)16(24)22-11-5-8-23(9-6-11)17(25)15-14(7-10-28-15)29(26,27)18(20)21/h1-4,7,10-11,18H,5-6,8-9H2,(H,22,24). The van der Waals surface area contributed by atoms with Crippen molar-refractivity contribution in [2.24, 2.45) is 0 Å². The number of halogens is 3. The van der Waals surface area contributed by atoms with E-state index in [2.05, 4.69) is 5.32 Å². The third-order valence-electron chi connectivity index (χ3n) is 4.60. The lowest BCUT2D eigenvalue weighted by molar-refractivity contribution is 0.0699. The number of sulfone groups is 1. The Morgan fingerprint density at radius 2 is 1.79 bits per heavy atom. The third kappa shape index (κ3) is 4.45. The number of amides is 2. The number of likely N-dealkylation sites (tertiary alicyclic amines) is 1. The van der Waals surface area contributed by atoms with Crippen LogP contribution in [0.2, 0.25) is 0 Å². The van der Waals surface area contributed by atoms with E-state index in [4.69, 9.17) is 0 Å². The van der Waals surface area contributed by atoms with E-state index in [1.165, 1.54) is 28.5 Å². The number of hydrogen-bond acceptors (Lipinski definition) is 5. The minimum atomic E-state index is -4.87. The third-order valence-corrected chi connectivity index (χ3v) is 7.05. The lowest BCUT2D eigenvalue weighted by atomic mass is 10.0. The van der Waals surface area contributed by atoms with Gasteiger partial charge in [-0.3, -0.25) is 9.59 Å². The summed E-state index contributed by atoms with van der Waals surface area (Å²) in [5.41, 5.74) is -0.0774. The van der Waals surface area contributed by atoms with Crippen LogP contribution in [-0.4, -0.2) is 50.0 Å². The van der Waals surface area contributed by atoms with Crippen LogP contribution in [0, 0.1) is 5.82 Å². The number of piperidine rings is 1. The van der Waals surface area contributed by atoms with Crippen LogP contribution in [-0.2, 0) is 9.84 Å². The Labute approximate surface area is 169 Å². The van der Waals surface area contributed by atoms with Crippen LogP contribution < -0.4 is 5.32 Å². The van der Waals surface area contributed by atoms with E-state index in [1.54, 1.807) is 6.07 Å². The second kappa shape index (κ2) is 8.54. The highest BCUT2D eigenvalue weighted by atomic mass is 32.2. The molecule has 2 aromatic rings. The molecule has 0 unspecified atom stereocenters. The minimum absolute atomic E-state index is 0.0774. The Hall–Kier alpha value is -2.40. The molecule has 0 saturated carbocycles. The molecule has 1 saturated heterocycles. The van der Waals surface area contributed by atoms with Crippen molar-refractivity contribution in [3.63, 3.8) is 0 Å². The number of carbonyl (C=O) groups is 2.